The summed E-state index contributed by atoms with van der Waals surface area (Å²) in [4.78, 5) is 0. The van der Waals surface area contributed by atoms with E-state index in [0.717, 1.165) is 6.07 Å². The molecule has 1 N–H and O–H groups in total. The van der Waals surface area contributed by atoms with Crippen LogP contribution in [0.5, 0.6) is 0 Å². The number of rotatable bonds is 1. The van der Waals surface area contributed by atoms with Gasteiger partial charge in [0.25, 0.3) is 0 Å². The molecule has 0 saturated carbocycles. The van der Waals surface area contributed by atoms with Gasteiger partial charge in [0.1, 0.15) is 0 Å². The summed E-state index contributed by atoms with van der Waals surface area (Å²) in [6.45, 7) is 0. The van der Waals surface area contributed by atoms with Crippen LogP contribution in [0, 0.1) is 0 Å². The number of hydrogen-bond donors (Lipinski definition) is 1. The molecule has 54 valence electrons. The molecular formula is C4H4N2O3S. The van der Waals surface area contributed by atoms with Gasteiger partial charge in [0.15, 0.2) is 0 Å². The van der Waals surface area contributed by atoms with Gasteiger partial charge in [0, 0.05) is 6.20 Å². The summed E-state index contributed by atoms with van der Waals surface area (Å²) < 4.78 is 28.9. The first-order chi connectivity index (χ1) is 4.61. The molecule has 0 aliphatic rings. The lowest BCUT2D eigenvalue weighted by molar-refractivity contribution is 0.477. The van der Waals surface area contributed by atoms with Gasteiger partial charge in [-0.15, -0.1) is 5.10 Å². The normalized spacial score (nSPS) is 11.3. The molecule has 0 unspecified atom stereocenters. The first-order valence-corrected chi connectivity index (χ1v) is 3.80. The van der Waals surface area contributed by atoms with E-state index in [1.807, 2.05) is 0 Å². The maximum absolute atomic E-state index is 10.3. The van der Waals surface area contributed by atoms with Crippen molar-refractivity contribution in [2.45, 2.75) is 5.03 Å². The molecule has 0 bridgehead atoms. The third-order valence-electron chi connectivity index (χ3n) is 0.812. The van der Waals surface area contributed by atoms with Gasteiger partial charge in [-0.05, 0) is 12.1 Å². The molecule has 0 spiro atoms. The van der Waals surface area contributed by atoms with Crippen molar-refractivity contribution >= 4 is 10.1 Å². The second kappa shape index (κ2) is 2.31. The predicted octanol–water partition coefficient (Wildman–Crippen LogP) is -0.277. The highest BCUT2D eigenvalue weighted by molar-refractivity contribution is 7.85. The maximum Gasteiger partial charge on any atom is 0.314 e. The van der Waals surface area contributed by atoms with E-state index in [-0.39, 0.29) is 0 Å². The summed E-state index contributed by atoms with van der Waals surface area (Å²) in [5, 5.41) is 5.99. The third kappa shape index (κ3) is 1.49. The number of hydrogen-bond acceptors (Lipinski definition) is 4. The Bertz CT molecular complexity index is 307. The Morgan fingerprint density at radius 2 is 2.20 bits per heavy atom. The summed E-state index contributed by atoms with van der Waals surface area (Å²) in [6.07, 6.45) is 1.31. The van der Waals surface area contributed by atoms with Crippen LogP contribution in [-0.2, 0) is 10.1 Å². The molecule has 0 aliphatic heterocycles. The van der Waals surface area contributed by atoms with Crippen LogP contribution in [-0.4, -0.2) is 23.2 Å². The summed E-state index contributed by atoms with van der Waals surface area (Å²) in [6, 6.07) is 2.53. The van der Waals surface area contributed by atoms with E-state index in [1.165, 1.54) is 12.3 Å². The molecular weight excluding hydrogens is 156 g/mol. The van der Waals surface area contributed by atoms with Gasteiger partial charge in [-0.25, -0.2) is 0 Å². The van der Waals surface area contributed by atoms with Crippen molar-refractivity contribution in [3.63, 3.8) is 0 Å². The summed E-state index contributed by atoms with van der Waals surface area (Å²) in [5.41, 5.74) is 0. The summed E-state index contributed by atoms with van der Waals surface area (Å²) in [7, 11) is -4.18. The molecule has 0 atom stereocenters. The Morgan fingerprint density at radius 3 is 2.50 bits per heavy atom. The Kier molecular flexibility index (Phi) is 1.64. The van der Waals surface area contributed by atoms with Crippen molar-refractivity contribution in [1.82, 2.24) is 10.2 Å². The van der Waals surface area contributed by atoms with Gasteiger partial charge in [0.2, 0.25) is 5.03 Å². The second-order valence-electron chi connectivity index (χ2n) is 1.54. The topological polar surface area (TPSA) is 80.2 Å². The summed E-state index contributed by atoms with van der Waals surface area (Å²) >= 11 is 0. The maximum atomic E-state index is 10.3. The van der Waals surface area contributed by atoms with E-state index in [9.17, 15) is 8.42 Å². The Morgan fingerprint density at radius 1 is 1.50 bits per heavy atom. The van der Waals surface area contributed by atoms with Crippen molar-refractivity contribution in [1.29, 1.82) is 0 Å². The van der Waals surface area contributed by atoms with E-state index < -0.39 is 15.1 Å². The van der Waals surface area contributed by atoms with Crippen molar-refractivity contribution < 1.29 is 13.0 Å². The van der Waals surface area contributed by atoms with Crippen LogP contribution in [0.1, 0.15) is 0 Å². The average Bonchev–Trinajstić information content (AvgIpc) is 1.88. The van der Waals surface area contributed by atoms with Crippen molar-refractivity contribution in [3.8, 4) is 0 Å². The Labute approximate surface area is 57.5 Å². The molecule has 0 saturated heterocycles. The number of aromatic nitrogens is 2. The fourth-order valence-corrected chi connectivity index (χ4v) is 0.826. The van der Waals surface area contributed by atoms with Gasteiger partial charge in [-0.3, -0.25) is 4.55 Å². The monoisotopic (exact) mass is 160 g/mol. The molecule has 0 aliphatic carbocycles. The SMILES string of the molecule is O=S(=O)(O)c1cccnn1. The molecule has 0 fully saturated rings. The van der Waals surface area contributed by atoms with Crippen LogP contribution in [0.15, 0.2) is 23.4 Å². The molecule has 0 amide bonds. The first kappa shape index (κ1) is 7.10. The average molecular weight is 160 g/mol. The van der Waals surface area contributed by atoms with Crippen molar-refractivity contribution in [3.05, 3.63) is 18.3 Å². The first-order valence-electron chi connectivity index (χ1n) is 2.36. The zero-order chi connectivity index (χ0) is 7.61. The van der Waals surface area contributed by atoms with Crippen LogP contribution in [0.4, 0.5) is 0 Å². The molecule has 1 aromatic rings. The van der Waals surface area contributed by atoms with E-state index >= 15 is 0 Å². The minimum atomic E-state index is -4.18. The lowest BCUT2D eigenvalue weighted by Gasteiger charge is -1.89. The van der Waals surface area contributed by atoms with Crippen LogP contribution >= 0.6 is 0 Å². The molecule has 0 aromatic carbocycles. The van der Waals surface area contributed by atoms with Crippen molar-refractivity contribution in [2.75, 3.05) is 0 Å². The Hall–Kier alpha value is -1.01. The minimum Gasteiger partial charge on any atom is -0.281 e. The highest BCUT2D eigenvalue weighted by atomic mass is 32.2. The van der Waals surface area contributed by atoms with E-state index in [1.54, 1.807) is 0 Å². The summed E-state index contributed by atoms with van der Waals surface area (Å²) in [5.74, 6) is 0. The van der Waals surface area contributed by atoms with Crippen LogP contribution < -0.4 is 0 Å². The number of nitrogens with zero attached hydrogens (tertiary/aromatic N) is 2. The van der Waals surface area contributed by atoms with Crippen LogP contribution in [0.25, 0.3) is 0 Å². The van der Waals surface area contributed by atoms with Gasteiger partial charge in [-0.2, -0.15) is 13.5 Å². The van der Waals surface area contributed by atoms with Crippen molar-refractivity contribution in [2.24, 2.45) is 0 Å². The lowest BCUT2D eigenvalue weighted by Crippen LogP contribution is -2.01. The molecule has 6 heteroatoms. The standard InChI is InChI=1S/C4H4N2O3S/c7-10(8,9)4-2-1-3-5-6-4/h1-3H,(H,7,8,9). The van der Waals surface area contributed by atoms with Crippen LogP contribution in [0.2, 0.25) is 0 Å². The minimum absolute atomic E-state index is 0.435. The quantitative estimate of drug-likeness (QED) is 0.571. The largest absolute Gasteiger partial charge is 0.314 e. The molecule has 1 aromatic heterocycles. The zero-order valence-electron chi connectivity index (χ0n) is 4.80. The lowest BCUT2D eigenvalue weighted by atomic mass is 10.6. The fourth-order valence-electron chi connectivity index (χ4n) is 0.425. The molecule has 1 rings (SSSR count). The van der Waals surface area contributed by atoms with Crippen LogP contribution in [0.3, 0.4) is 0 Å². The molecule has 5 nitrogen and oxygen atoms in total. The molecule has 1 heterocycles. The van der Waals surface area contributed by atoms with E-state index in [4.69, 9.17) is 4.55 Å². The molecule has 10 heavy (non-hydrogen) atoms. The van der Waals surface area contributed by atoms with Gasteiger partial charge in [0.05, 0.1) is 0 Å². The fraction of sp³-hybridized carbons (Fsp3) is 0. The predicted molar refractivity (Wildman–Crippen MR) is 31.8 cm³/mol. The Balaban J connectivity index is 3.22. The smallest absolute Gasteiger partial charge is 0.281 e. The molecule has 0 radical (unpaired) electrons. The van der Waals surface area contributed by atoms with E-state index in [0.29, 0.717) is 0 Å². The van der Waals surface area contributed by atoms with Gasteiger partial charge >= 0.3 is 10.1 Å². The second-order valence-corrected chi connectivity index (χ2v) is 2.91. The van der Waals surface area contributed by atoms with E-state index in [2.05, 4.69) is 10.2 Å². The van der Waals surface area contributed by atoms with Gasteiger partial charge < -0.3 is 0 Å². The highest BCUT2D eigenvalue weighted by Crippen LogP contribution is 1.98. The highest BCUT2D eigenvalue weighted by Gasteiger charge is 2.09. The van der Waals surface area contributed by atoms with Gasteiger partial charge in [-0.1, -0.05) is 0 Å². The zero-order valence-corrected chi connectivity index (χ0v) is 5.61. The third-order valence-corrected chi connectivity index (χ3v) is 1.56.